The fourth-order valence-electron chi connectivity index (χ4n) is 2.26. The first-order valence-corrected chi connectivity index (χ1v) is 7.07. The molecular weight excluding hydrogens is 317 g/mol. The summed E-state index contributed by atoms with van der Waals surface area (Å²) < 4.78 is 0. The maximum Gasteiger partial charge on any atom is 0.228 e. The second-order valence-corrected chi connectivity index (χ2v) is 5.32. The number of hydrogen-bond donors (Lipinski definition) is 2. The van der Waals surface area contributed by atoms with E-state index in [2.05, 4.69) is 32.8 Å². The number of nitrogens with zero attached hydrogens (tertiary/aromatic N) is 3. The van der Waals surface area contributed by atoms with Crippen molar-refractivity contribution in [2.45, 2.75) is 6.92 Å². The molecule has 1 aliphatic heterocycles. The lowest BCUT2D eigenvalue weighted by molar-refractivity contribution is 0.581. The van der Waals surface area contributed by atoms with Gasteiger partial charge < -0.3 is 15.5 Å². The lowest BCUT2D eigenvalue weighted by Gasteiger charge is -2.27. The van der Waals surface area contributed by atoms with Gasteiger partial charge in [0.05, 0.1) is 5.39 Å². The number of halogens is 2. The Bertz CT molecular complexity index is 568. The zero-order valence-corrected chi connectivity index (χ0v) is 13.9. The van der Waals surface area contributed by atoms with Crippen LogP contribution in [0, 0.1) is 6.92 Å². The maximum atomic E-state index is 4.69. The molecule has 1 saturated heterocycles. The maximum absolute atomic E-state index is 4.69. The molecule has 2 aromatic heterocycles. The minimum absolute atomic E-state index is 0. The second kappa shape index (κ2) is 7.26. The Kier molecular flexibility index (Phi) is 6.26. The predicted molar refractivity (Wildman–Crippen MR) is 91.3 cm³/mol. The molecule has 8 heteroatoms. The van der Waals surface area contributed by atoms with E-state index in [1.165, 1.54) is 5.56 Å². The van der Waals surface area contributed by atoms with Gasteiger partial charge in [0.25, 0.3) is 0 Å². The average Bonchev–Trinajstić information content (AvgIpc) is 2.81. The Morgan fingerprint density at radius 3 is 2.60 bits per heavy atom. The highest BCUT2D eigenvalue weighted by Gasteiger charge is 2.17. The normalized spacial score (nSPS) is 14.6. The van der Waals surface area contributed by atoms with Crippen LogP contribution in [-0.2, 0) is 0 Å². The number of fused-ring (bicyclic) bond motifs is 1. The smallest absolute Gasteiger partial charge is 0.228 e. The highest BCUT2D eigenvalue weighted by molar-refractivity contribution is 7.17. The first kappa shape index (κ1) is 17.2. The summed E-state index contributed by atoms with van der Waals surface area (Å²) in [6, 6.07) is 0. The molecule has 0 atom stereocenters. The minimum atomic E-state index is 0. The Balaban J connectivity index is 0.000001000. The first-order chi connectivity index (χ1) is 8.79. The lowest BCUT2D eigenvalue weighted by Crippen LogP contribution is -2.44. The molecule has 0 radical (unpaired) electrons. The van der Waals surface area contributed by atoms with E-state index in [0.717, 1.165) is 48.2 Å². The summed E-state index contributed by atoms with van der Waals surface area (Å²) in [4.78, 5) is 12.7. The molecule has 0 saturated carbocycles. The monoisotopic (exact) mass is 335 g/mol. The van der Waals surface area contributed by atoms with E-state index >= 15 is 0 Å². The van der Waals surface area contributed by atoms with E-state index < -0.39 is 0 Å². The summed E-state index contributed by atoms with van der Waals surface area (Å²) >= 11 is 1.69. The zero-order chi connectivity index (χ0) is 12.5. The molecule has 3 rings (SSSR count). The van der Waals surface area contributed by atoms with Gasteiger partial charge in [0.1, 0.15) is 10.6 Å². The van der Waals surface area contributed by atoms with Gasteiger partial charge in [-0.25, -0.2) is 4.98 Å². The topological polar surface area (TPSA) is 53.1 Å². The third-order valence-electron chi connectivity index (χ3n) is 3.24. The second-order valence-electron chi connectivity index (χ2n) is 4.46. The van der Waals surface area contributed by atoms with Crippen molar-refractivity contribution < 1.29 is 0 Å². The van der Waals surface area contributed by atoms with Gasteiger partial charge in [0.15, 0.2) is 0 Å². The van der Waals surface area contributed by atoms with Crippen molar-refractivity contribution in [3.8, 4) is 0 Å². The van der Waals surface area contributed by atoms with E-state index in [-0.39, 0.29) is 24.8 Å². The molecular formula is C12H19Cl2N5S. The molecule has 0 aromatic carbocycles. The van der Waals surface area contributed by atoms with E-state index in [9.17, 15) is 0 Å². The largest absolute Gasteiger partial charge is 0.372 e. The van der Waals surface area contributed by atoms with Gasteiger partial charge in [-0.3, -0.25) is 0 Å². The van der Waals surface area contributed by atoms with Crippen LogP contribution in [0.5, 0.6) is 0 Å². The summed E-state index contributed by atoms with van der Waals surface area (Å²) in [5.74, 6) is 1.78. The van der Waals surface area contributed by atoms with Crippen molar-refractivity contribution in [1.82, 2.24) is 15.3 Å². The van der Waals surface area contributed by atoms with Crippen molar-refractivity contribution >= 4 is 58.1 Å². The Labute approximate surface area is 135 Å². The molecule has 5 nitrogen and oxygen atoms in total. The summed E-state index contributed by atoms with van der Waals surface area (Å²) in [5.41, 5.74) is 1.24. The first-order valence-electron chi connectivity index (χ1n) is 6.19. The Morgan fingerprint density at radius 1 is 1.25 bits per heavy atom. The molecule has 3 heterocycles. The standard InChI is InChI=1S/C12H17N5S.2ClH/c1-8-7-18-11-9(8)10(13-2)15-12(16-11)17-5-3-14-4-6-17;;/h7,14H,3-6H2,1-2H3,(H,13,15,16);2*1H. The van der Waals surface area contributed by atoms with Gasteiger partial charge in [0.2, 0.25) is 5.95 Å². The van der Waals surface area contributed by atoms with E-state index in [0.29, 0.717) is 0 Å². The number of nitrogens with one attached hydrogen (secondary N) is 2. The number of anilines is 2. The molecule has 112 valence electrons. The quantitative estimate of drug-likeness (QED) is 0.881. The predicted octanol–water partition coefficient (Wildman–Crippen LogP) is 2.29. The summed E-state index contributed by atoms with van der Waals surface area (Å²) in [7, 11) is 1.92. The van der Waals surface area contributed by atoms with Crippen LogP contribution in [0.3, 0.4) is 0 Å². The number of rotatable bonds is 2. The molecule has 0 aliphatic carbocycles. The number of aryl methyl sites for hydroxylation is 1. The van der Waals surface area contributed by atoms with Gasteiger partial charge >= 0.3 is 0 Å². The van der Waals surface area contributed by atoms with Crippen LogP contribution in [0.4, 0.5) is 11.8 Å². The molecule has 20 heavy (non-hydrogen) atoms. The van der Waals surface area contributed by atoms with Gasteiger partial charge in [0, 0.05) is 33.2 Å². The molecule has 0 spiro atoms. The molecule has 0 amide bonds. The zero-order valence-electron chi connectivity index (χ0n) is 11.5. The van der Waals surface area contributed by atoms with Crippen molar-refractivity contribution in [2.75, 3.05) is 43.4 Å². The Morgan fingerprint density at radius 2 is 1.95 bits per heavy atom. The lowest BCUT2D eigenvalue weighted by atomic mass is 10.2. The number of piperazine rings is 1. The van der Waals surface area contributed by atoms with Crippen LogP contribution in [0.2, 0.25) is 0 Å². The van der Waals surface area contributed by atoms with Crippen LogP contribution in [0.1, 0.15) is 5.56 Å². The van der Waals surface area contributed by atoms with Crippen molar-refractivity contribution in [3.05, 3.63) is 10.9 Å². The minimum Gasteiger partial charge on any atom is -0.372 e. The average molecular weight is 336 g/mol. The summed E-state index contributed by atoms with van der Waals surface area (Å²) in [6.45, 7) is 6.05. The van der Waals surface area contributed by atoms with E-state index in [4.69, 9.17) is 4.98 Å². The fourth-order valence-corrected chi connectivity index (χ4v) is 3.18. The van der Waals surface area contributed by atoms with Crippen molar-refractivity contribution in [3.63, 3.8) is 0 Å². The number of hydrogen-bond acceptors (Lipinski definition) is 6. The number of aromatic nitrogens is 2. The Hall–Kier alpha value is -0.820. The van der Waals surface area contributed by atoms with Crippen LogP contribution < -0.4 is 15.5 Å². The molecule has 0 unspecified atom stereocenters. The van der Waals surface area contributed by atoms with Crippen LogP contribution >= 0.6 is 36.2 Å². The van der Waals surface area contributed by atoms with E-state index in [1.54, 1.807) is 11.3 Å². The van der Waals surface area contributed by atoms with Crippen molar-refractivity contribution in [1.29, 1.82) is 0 Å². The highest BCUT2D eigenvalue weighted by Crippen LogP contribution is 2.30. The third kappa shape index (κ3) is 3.09. The third-order valence-corrected chi connectivity index (χ3v) is 4.23. The van der Waals surface area contributed by atoms with Crippen LogP contribution in [0.25, 0.3) is 10.2 Å². The number of thiophene rings is 1. The molecule has 2 aromatic rings. The molecule has 1 fully saturated rings. The van der Waals surface area contributed by atoms with Crippen LogP contribution in [-0.4, -0.2) is 43.2 Å². The summed E-state index contributed by atoms with van der Waals surface area (Å²) in [6.07, 6.45) is 0. The molecule has 2 N–H and O–H groups in total. The SMILES string of the molecule is CNc1nc(N2CCNCC2)nc2scc(C)c12.Cl.Cl. The molecule has 0 bridgehead atoms. The van der Waals surface area contributed by atoms with Gasteiger partial charge in [-0.2, -0.15) is 4.98 Å². The van der Waals surface area contributed by atoms with Crippen LogP contribution in [0.15, 0.2) is 5.38 Å². The van der Waals surface area contributed by atoms with Gasteiger partial charge in [-0.15, -0.1) is 36.2 Å². The molecule has 1 aliphatic rings. The van der Waals surface area contributed by atoms with Gasteiger partial charge in [-0.1, -0.05) is 0 Å². The highest BCUT2D eigenvalue weighted by atomic mass is 35.5. The summed E-state index contributed by atoms with van der Waals surface area (Å²) in [5, 5.41) is 9.83. The van der Waals surface area contributed by atoms with E-state index in [1.807, 2.05) is 7.05 Å². The fraction of sp³-hybridized carbons (Fsp3) is 0.500. The van der Waals surface area contributed by atoms with Gasteiger partial charge in [-0.05, 0) is 17.9 Å². The van der Waals surface area contributed by atoms with Crippen molar-refractivity contribution in [2.24, 2.45) is 0 Å².